The lowest BCUT2D eigenvalue weighted by molar-refractivity contribution is -0.136. The highest BCUT2D eigenvalue weighted by Crippen LogP contribution is 1.99. The summed E-state index contributed by atoms with van der Waals surface area (Å²) in [5.74, 6) is -2.02. The summed E-state index contributed by atoms with van der Waals surface area (Å²) in [5, 5.41) is 24.6. The lowest BCUT2D eigenvalue weighted by Crippen LogP contribution is -2.05. The Balaban J connectivity index is 3.71. The second-order valence-electron chi connectivity index (χ2n) is 1.74. The molecule has 5 nitrogen and oxygen atoms in total. The number of aliphatic hydroxyl groups is 2. The fourth-order valence-electron chi connectivity index (χ4n) is 0.353. The van der Waals surface area contributed by atoms with E-state index in [2.05, 4.69) is 0 Å². The van der Waals surface area contributed by atoms with Gasteiger partial charge in [-0.1, -0.05) is 0 Å². The highest BCUT2D eigenvalue weighted by molar-refractivity contribution is 5.66. The molecule has 10 heavy (non-hydrogen) atoms. The van der Waals surface area contributed by atoms with Crippen molar-refractivity contribution in [2.45, 2.75) is 12.8 Å². The molecule has 0 aromatic carbocycles. The van der Waals surface area contributed by atoms with Gasteiger partial charge in [0.15, 0.2) is 0 Å². The quantitative estimate of drug-likeness (QED) is 0.423. The standard InChI is InChI=1S/C5H9NO4/c6-3(5(9)10)1-2-4(7)8/h9-10H,1-2,6H2,(H,7,8). The number of hydrogen-bond acceptors (Lipinski definition) is 4. The Morgan fingerprint density at radius 3 is 2.00 bits per heavy atom. The third kappa shape index (κ3) is 3.59. The summed E-state index contributed by atoms with van der Waals surface area (Å²) >= 11 is 0. The maximum absolute atomic E-state index is 9.88. The van der Waals surface area contributed by atoms with Crippen LogP contribution < -0.4 is 5.73 Å². The van der Waals surface area contributed by atoms with Crippen molar-refractivity contribution in [3.05, 3.63) is 11.6 Å². The molecule has 0 aliphatic heterocycles. The zero-order valence-corrected chi connectivity index (χ0v) is 5.24. The first kappa shape index (κ1) is 8.61. The minimum atomic E-state index is -1.02. The van der Waals surface area contributed by atoms with Crippen LogP contribution in [-0.4, -0.2) is 21.3 Å². The first-order valence-electron chi connectivity index (χ1n) is 2.62. The van der Waals surface area contributed by atoms with Crippen molar-refractivity contribution in [1.29, 1.82) is 0 Å². The number of carbonyl (C=O) groups is 1. The fraction of sp³-hybridized carbons (Fsp3) is 0.400. The normalized spacial score (nSPS) is 8.80. The van der Waals surface area contributed by atoms with Crippen LogP contribution in [0.2, 0.25) is 0 Å². The Hall–Kier alpha value is -1.39. The minimum Gasteiger partial charge on any atom is -0.481 e. The number of rotatable bonds is 3. The van der Waals surface area contributed by atoms with Crippen molar-refractivity contribution in [2.75, 3.05) is 0 Å². The predicted octanol–water partition coefficient (Wildman–Crippen LogP) is 0.0950. The van der Waals surface area contributed by atoms with Crippen molar-refractivity contribution >= 4 is 5.97 Å². The predicted molar refractivity (Wildman–Crippen MR) is 33.3 cm³/mol. The molecule has 0 fully saturated rings. The lowest BCUT2D eigenvalue weighted by atomic mass is 10.2. The summed E-state index contributed by atoms with van der Waals surface area (Å²) in [6.07, 6.45) is -0.242. The van der Waals surface area contributed by atoms with E-state index in [4.69, 9.17) is 21.1 Å². The van der Waals surface area contributed by atoms with Crippen molar-refractivity contribution in [3.63, 3.8) is 0 Å². The van der Waals surface area contributed by atoms with Gasteiger partial charge in [0, 0.05) is 6.42 Å². The highest BCUT2D eigenvalue weighted by Gasteiger charge is 2.02. The largest absolute Gasteiger partial charge is 0.481 e. The number of carboxylic acid groups (broad SMARTS) is 1. The maximum Gasteiger partial charge on any atom is 0.303 e. The van der Waals surface area contributed by atoms with E-state index >= 15 is 0 Å². The smallest absolute Gasteiger partial charge is 0.303 e. The fourth-order valence-corrected chi connectivity index (χ4v) is 0.353. The first-order valence-corrected chi connectivity index (χ1v) is 2.62. The molecular weight excluding hydrogens is 138 g/mol. The average Bonchev–Trinajstić information content (AvgIpc) is 1.82. The molecule has 0 saturated heterocycles. The number of hydrogen-bond donors (Lipinski definition) is 4. The highest BCUT2D eigenvalue weighted by atomic mass is 16.5. The maximum atomic E-state index is 9.88. The van der Waals surface area contributed by atoms with Gasteiger partial charge in [0.2, 0.25) is 0 Å². The topological polar surface area (TPSA) is 104 Å². The van der Waals surface area contributed by atoms with Crippen LogP contribution in [-0.2, 0) is 4.79 Å². The van der Waals surface area contributed by atoms with Crippen molar-refractivity contribution in [2.24, 2.45) is 5.73 Å². The second-order valence-corrected chi connectivity index (χ2v) is 1.74. The van der Waals surface area contributed by atoms with Crippen LogP contribution in [0.4, 0.5) is 0 Å². The van der Waals surface area contributed by atoms with E-state index in [1.807, 2.05) is 0 Å². The van der Waals surface area contributed by atoms with E-state index in [-0.39, 0.29) is 18.5 Å². The van der Waals surface area contributed by atoms with Crippen molar-refractivity contribution in [1.82, 2.24) is 0 Å². The first-order chi connectivity index (χ1) is 4.54. The second kappa shape index (κ2) is 3.60. The van der Waals surface area contributed by atoms with Crippen LogP contribution in [0.5, 0.6) is 0 Å². The summed E-state index contributed by atoms with van der Waals surface area (Å²) in [6.45, 7) is 0. The summed E-state index contributed by atoms with van der Waals surface area (Å²) < 4.78 is 0. The Morgan fingerprint density at radius 1 is 1.20 bits per heavy atom. The van der Waals surface area contributed by atoms with Crippen LogP contribution >= 0.6 is 0 Å². The van der Waals surface area contributed by atoms with E-state index in [1.165, 1.54) is 0 Å². The van der Waals surface area contributed by atoms with Crippen LogP contribution in [0.25, 0.3) is 0 Å². The molecule has 0 unspecified atom stereocenters. The van der Waals surface area contributed by atoms with Gasteiger partial charge in [-0.05, 0) is 0 Å². The molecule has 5 heteroatoms. The minimum absolute atomic E-state index is 0.0440. The van der Waals surface area contributed by atoms with E-state index in [0.717, 1.165) is 0 Å². The molecule has 0 aromatic heterocycles. The van der Waals surface area contributed by atoms with Crippen molar-refractivity contribution in [3.8, 4) is 0 Å². The zero-order chi connectivity index (χ0) is 8.15. The Kier molecular flexibility index (Phi) is 3.10. The third-order valence-electron chi connectivity index (χ3n) is 0.895. The van der Waals surface area contributed by atoms with Crippen LogP contribution in [0, 0.1) is 0 Å². The third-order valence-corrected chi connectivity index (χ3v) is 0.895. The van der Waals surface area contributed by atoms with Gasteiger partial charge in [0.05, 0.1) is 12.1 Å². The number of aliphatic hydroxyl groups excluding tert-OH is 1. The lowest BCUT2D eigenvalue weighted by Gasteiger charge is -1.96. The molecule has 5 N–H and O–H groups in total. The van der Waals surface area contributed by atoms with Gasteiger partial charge in [-0.25, -0.2) is 0 Å². The monoisotopic (exact) mass is 147 g/mol. The Morgan fingerprint density at radius 2 is 1.70 bits per heavy atom. The zero-order valence-electron chi connectivity index (χ0n) is 5.24. The summed E-state index contributed by atoms with van der Waals surface area (Å²) in [4.78, 5) is 9.88. The SMILES string of the molecule is NC(CCC(=O)O)=C(O)O. The molecule has 0 saturated carbocycles. The van der Waals surface area contributed by atoms with Gasteiger partial charge in [0.25, 0.3) is 5.95 Å². The molecule has 58 valence electrons. The molecule has 0 aromatic rings. The molecule has 0 aliphatic carbocycles. The Bertz CT molecular complexity index is 159. The van der Waals surface area contributed by atoms with Gasteiger partial charge in [-0.2, -0.15) is 0 Å². The molecule has 0 aliphatic rings. The molecule has 0 amide bonds. The number of aliphatic carboxylic acids is 1. The number of allylic oxidation sites excluding steroid dienone is 1. The van der Waals surface area contributed by atoms with Gasteiger partial charge >= 0.3 is 5.97 Å². The molecule has 0 heterocycles. The summed E-state index contributed by atoms with van der Waals surface area (Å²) in [5.41, 5.74) is 4.77. The average molecular weight is 147 g/mol. The van der Waals surface area contributed by atoms with Crippen LogP contribution in [0.3, 0.4) is 0 Å². The van der Waals surface area contributed by atoms with Gasteiger partial charge in [0.1, 0.15) is 0 Å². The van der Waals surface area contributed by atoms with Crippen LogP contribution in [0.15, 0.2) is 11.6 Å². The number of nitrogens with two attached hydrogens (primary N) is 1. The van der Waals surface area contributed by atoms with E-state index < -0.39 is 11.9 Å². The summed E-state index contributed by atoms with van der Waals surface area (Å²) in [6, 6.07) is 0. The molecule has 0 atom stereocenters. The van der Waals surface area contributed by atoms with Gasteiger partial charge in [-0.3, -0.25) is 4.79 Å². The molecule has 0 radical (unpaired) electrons. The summed E-state index contributed by atoms with van der Waals surface area (Å²) in [7, 11) is 0. The van der Waals surface area contributed by atoms with E-state index in [9.17, 15) is 4.79 Å². The van der Waals surface area contributed by atoms with Crippen LogP contribution in [0.1, 0.15) is 12.8 Å². The molecule has 0 spiro atoms. The van der Waals surface area contributed by atoms with E-state index in [1.54, 1.807) is 0 Å². The molecule has 0 rings (SSSR count). The molecular formula is C5H9NO4. The van der Waals surface area contributed by atoms with Crippen molar-refractivity contribution < 1.29 is 20.1 Å². The Labute approximate surface area is 57.4 Å². The van der Waals surface area contributed by atoms with Gasteiger partial charge in [-0.15, -0.1) is 0 Å². The van der Waals surface area contributed by atoms with E-state index in [0.29, 0.717) is 0 Å². The molecule has 0 bridgehead atoms. The van der Waals surface area contributed by atoms with Gasteiger partial charge < -0.3 is 21.1 Å². The number of carboxylic acids is 1.